The summed E-state index contributed by atoms with van der Waals surface area (Å²) in [6, 6.07) is 23.2. The molecule has 0 aliphatic heterocycles. The number of aromatic nitrogens is 2. The van der Waals surface area contributed by atoms with Gasteiger partial charge in [-0.2, -0.15) is 0 Å². The van der Waals surface area contributed by atoms with Crippen LogP contribution >= 0.6 is 11.3 Å². The molecule has 0 spiro atoms. The minimum absolute atomic E-state index is 0.0360. The lowest BCUT2D eigenvalue weighted by molar-refractivity contribution is -0.384. The van der Waals surface area contributed by atoms with Crippen LogP contribution in [0.25, 0.3) is 27.5 Å². The number of nitro benzene ring substituents is 1. The molecule has 3 aromatic carbocycles. The van der Waals surface area contributed by atoms with Crippen molar-refractivity contribution in [3.8, 4) is 33.3 Å². The number of thiazole rings is 1. The van der Waals surface area contributed by atoms with Crippen molar-refractivity contribution in [2.75, 3.05) is 7.11 Å². The van der Waals surface area contributed by atoms with E-state index in [4.69, 9.17) is 4.74 Å². The standard InChI is InChI=1S/C32H25N3O5S/c1-19-6-3-4-9-28(19)34-29-15-22(20-10-12-24(40-2)13-11-20)16-30(36)25(29)17-26(32(34)37)31-33-27(18-41-31)21-7-5-8-23(14-21)35(38)39/h3-14,17-18,22H,15-16H2,1-2H3/t22-/m1/s1. The molecular formula is C32H25N3O5S. The summed E-state index contributed by atoms with van der Waals surface area (Å²) in [5.41, 5.74) is 4.96. The van der Waals surface area contributed by atoms with Gasteiger partial charge in [-0.15, -0.1) is 11.3 Å². The second-order valence-electron chi connectivity index (χ2n) is 9.99. The number of aryl methyl sites for hydroxylation is 1. The fraction of sp³-hybridized carbons (Fsp3) is 0.156. The van der Waals surface area contributed by atoms with Gasteiger partial charge < -0.3 is 4.74 Å². The molecular weight excluding hydrogens is 538 g/mol. The summed E-state index contributed by atoms with van der Waals surface area (Å²) in [5.74, 6) is 0.624. The number of hydrogen-bond donors (Lipinski definition) is 0. The van der Waals surface area contributed by atoms with Crippen LogP contribution in [-0.2, 0) is 6.42 Å². The SMILES string of the molecule is COc1ccc([C@H]2CC(=O)c3cc(-c4nc(-c5cccc([N+](=O)[O-])c5)cs4)c(=O)n(-c4ccccc4C)c3C2)cc1. The maximum atomic E-state index is 14.2. The number of rotatable bonds is 6. The van der Waals surface area contributed by atoms with Gasteiger partial charge in [-0.1, -0.05) is 42.5 Å². The Morgan fingerprint density at radius 2 is 1.76 bits per heavy atom. The van der Waals surface area contributed by atoms with Crippen LogP contribution in [-0.4, -0.2) is 27.4 Å². The third-order valence-corrected chi connectivity index (χ3v) is 8.38. The molecule has 8 nitrogen and oxygen atoms in total. The highest BCUT2D eigenvalue weighted by molar-refractivity contribution is 7.13. The molecule has 1 atom stereocenters. The Bertz CT molecular complexity index is 1870. The van der Waals surface area contributed by atoms with Crippen LogP contribution in [0.2, 0.25) is 0 Å². The number of benzene rings is 3. The van der Waals surface area contributed by atoms with Crippen LogP contribution in [0.5, 0.6) is 5.75 Å². The first-order valence-corrected chi connectivity index (χ1v) is 13.9. The number of pyridine rings is 1. The predicted octanol–water partition coefficient (Wildman–Crippen LogP) is 6.77. The van der Waals surface area contributed by atoms with Crippen molar-refractivity contribution in [1.82, 2.24) is 9.55 Å². The number of fused-ring (bicyclic) bond motifs is 1. The third-order valence-electron chi connectivity index (χ3n) is 7.51. The Balaban J connectivity index is 1.49. The van der Waals surface area contributed by atoms with Gasteiger partial charge in [0.1, 0.15) is 10.8 Å². The summed E-state index contributed by atoms with van der Waals surface area (Å²) in [7, 11) is 1.61. The maximum Gasteiger partial charge on any atom is 0.270 e. The smallest absolute Gasteiger partial charge is 0.270 e. The average Bonchev–Trinajstić information content (AvgIpc) is 3.48. The van der Waals surface area contributed by atoms with E-state index in [-0.39, 0.29) is 22.9 Å². The van der Waals surface area contributed by atoms with Crippen molar-refractivity contribution >= 4 is 22.8 Å². The quantitative estimate of drug-likeness (QED) is 0.167. The normalized spacial score (nSPS) is 14.5. The van der Waals surface area contributed by atoms with E-state index >= 15 is 0 Å². The van der Waals surface area contributed by atoms with E-state index < -0.39 is 4.92 Å². The van der Waals surface area contributed by atoms with E-state index in [1.807, 2.05) is 55.5 Å². The number of methoxy groups -OCH3 is 1. The van der Waals surface area contributed by atoms with Crippen molar-refractivity contribution in [3.63, 3.8) is 0 Å². The lowest BCUT2D eigenvalue weighted by Gasteiger charge is -2.28. The first-order chi connectivity index (χ1) is 19.8. The first-order valence-electron chi connectivity index (χ1n) is 13.1. The number of ether oxygens (including phenoxy) is 1. The molecule has 0 amide bonds. The Morgan fingerprint density at radius 3 is 2.49 bits per heavy atom. The van der Waals surface area contributed by atoms with Gasteiger partial charge in [-0.05, 0) is 54.7 Å². The summed E-state index contributed by atoms with van der Waals surface area (Å²) < 4.78 is 6.96. The Morgan fingerprint density at radius 1 is 0.976 bits per heavy atom. The highest BCUT2D eigenvalue weighted by atomic mass is 32.1. The molecule has 2 aromatic heterocycles. The summed E-state index contributed by atoms with van der Waals surface area (Å²) in [4.78, 5) is 43.4. The highest BCUT2D eigenvalue weighted by Crippen LogP contribution is 2.37. The van der Waals surface area contributed by atoms with Crippen molar-refractivity contribution in [2.24, 2.45) is 0 Å². The zero-order valence-electron chi connectivity index (χ0n) is 22.4. The molecule has 0 fully saturated rings. The Labute approximate surface area is 239 Å². The second-order valence-corrected chi connectivity index (χ2v) is 10.9. The van der Waals surface area contributed by atoms with Gasteiger partial charge in [0.05, 0.1) is 29.0 Å². The first kappa shape index (κ1) is 26.3. The van der Waals surface area contributed by atoms with E-state index in [9.17, 15) is 19.7 Å². The molecule has 0 N–H and O–H groups in total. The number of ketones is 1. The van der Waals surface area contributed by atoms with Gasteiger partial charge in [0.25, 0.3) is 11.2 Å². The van der Waals surface area contributed by atoms with Gasteiger partial charge in [-0.25, -0.2) is 4.98 Å². The molecule has 0 saturated heterocycles. The minimum atomic E-state index is -0.452. The average molecular weight is 564 g/mol. The highest BCUT2D eigenvalue weighted by Gasteiger charge is 2.31. The fourth-order valence-electron chi connectivity index (χ4n) is 5.38. The van der Waals surface area contributed by atoms with E-state index in [1.54, 1.807) is 35.3 Å². The molecule has 0 radical (unpaired) electrons. The predicted molar refractivity (Wildman–Crippen MR) is 158 cm³/mol. The van der Waals surface area contributed by atoms with Crippen molar-refractivity contribution in [1.29, 1.82) is 0 Å². The molecule has 1 aliphatic carbocycles. The van der Waals surface area contributed by atoms with Gasteiger partial charge in [0, 0.05) is 40.8 Å². The zero-order valence-corrected chi connectivity index (χ0v) is 23.2. The minimum Gasteiger partial charge on any atom is -0.497 e. The van der Waals surface area contributed by atoms with E-state index in [0.29, 0.717) is 51.6 Å². The van der Waals surface area contributed by atoms with Gasteiger partial charge >= 0.3 is 0 Å². The van der Waals surface area contributed by atoms with Crippen molar-refractivity contribution in [2.45, 2.75) is 25.7 Å². The summed E-state index contributed by atoms with van der Waals surface area (Å²) in [6.07, 6.45) is 0.843. The second kappa shape index (κ2) is 10.6. The topological polar surface area (TPSA) is 104 Å². The number of hydrogen-bond acceptors (Lipinski definition) is 7. The van der Waals surface area contributed by atoms with Crippen LogP contribution in [0.1, 0.15) is 39.5 Å². The number of nitrogens with zero attached hydrogens (tertiary/aromatic N) is 3. The molecule has 41 heavy (non-hydrogen) atoms. The van der Waals surface area contributed by atoms with Crippen LogP contribution < -0.4 is 10.3 Å². The van der Waals surface area contributed by atoms with Crippen LogP contribution in [0.3, 0.4) is 0 Å². The maximum absolute atomic E-state index is 14.2. The molecule has 0 unspecified atom stereocenters. The fourth-order valence-corrected chi connectivity index (χ4v) is 6.21. The number of carbonyl (C=O) groups excluding carboxylic acids is 1. The van der Waals surface area contributed by atoms with Gasteiger partial charge in [0.2, 0.25) is 0 Å². The van der Waals surface area contributed by atoms with E-state index in [0.717, 1.165) is 16.9 Å². The molecule has 5 aromatic rings. The Hall–Kier alpha value is -4.89. The van der Waals surface area contributed by atoms with Crippen LogP contribution in [0, 0.1) is 17.0 Å². The lowest BCUT2D eigenvalue weighted by atomic mass is 9.81. The van der Waals surface area contributed by atoms with Crippen molar-refractivity contribution in [3.05, 3.63) is 127 Å². The number of nitro groups is 1. The largest absolute Gasteiger partial charge is 0.497 e. The lowest BCUT2D eigenvalue weighted by Crippen LogP contribution is -2.31. The molecule has 6 rings (SSSR count). The van der Waals surface area contributed by atoms with Gasteiger partial charge in [0.15, 0.2) is 5.78 Å². The molecule has 9 heteroatoms. The van der Waals surface area contributed by atoms with Crippen LogP contribution in [0.4, 0.5) is 5.69 Å². The van der Waals surface area contributed by atoms with Gasteiger partial charge in [-0.3, -0.25) is 24.3 Å². The number of non-ortho nitro benzene ring substituents is 1. The molecule has 0 bridgehead atoms. The van der Waals surface area contributed by atoms with Crippen LogP contribution in [0.15, 0.2) is 89.0 Å². The van der Waals surface area contributed by atoms with E-state index in [2.05, 4.69) is 4.98 Å². The summed E-state index contributed by atoms with van der Waals surface area (Å²) >= 11 is 1.27. The molecule has 1 aliphatic rings. The molecule has 204 valence electrons. The summed E-state index contributed by atoms with van der Waals surface area (Å²) in [5, 5.41) is 13.5. The van der Waals surface area contributed by atoms with Crippen molar-refractivity contribution < 1.29 is 14.5 Å². The molecule has 0 saturated carbocycles. The molecule has 2 heterocycles. The van der Waals surface area contributed by atoms with E-state index in [1.165, 1.54) is 23.5 Å². The third kappa shape index (κ3) is 4.85. The number of carbonyl (C=O) groups is 1. The zero-order chi connectivity index (χ0) is 28.7. The monoisotopic (exact) mass is 563 g/mol. The number of para-hydroxylation sites is 1. The summed E-state index contributed by atoms with van der Waals surface area (Å²) in [6.45, 7) is 1.94. The number of Topliss-reactive ketones (excluding diaryl/α,β-unsaturated/α-hetero) is 1. The Kier molecular flexibility index (Phi) is 6.80.